The number of Topliss-reactive ketones (excluding diaryl/α,β-unsaturated/α-hetero) is 2. The summed E-state index contributed by atoms with van der Waals surface area (Å²) >= 11 is 5.92. The first kappa shape index (κ1) is 56.2. The molecule has 3 rings (SSSR count). The van der Waals surface area contributed by atoms with E-state index >= 15 is 0 Å². The van der Waals surface area contributed by atoms with E-state index in [2.05, 4.69) is 31.6 Å². The molecule has 19 heteroatoms. The first-order valence-corrected chi connectivity index (χ1v) is 23.5. The number of nitrogens with one attached hydrogen (secondary N) is 5. The number of carbonyl (C=O) groups excluding carboxylic acids is 5. The van der Waals surface area contributed by atoms with E-state index in [0.717, 1.165) is 42.7 Å². The molecular weight excluding hydrogens is 894 g/mol. The van der Waals surface area contributed by atoms with Crippen LogP contribution in [-0.2, 0) is 39.9 Å². The maximum Gasteiger partial charge on any atom is 0.312 e. The van der Waals surface area contributed by atoms with Crippen molar-refractivity contribution in [2.24, 2.45) is 22.6 Å². The molecule has 18 nitrogen and oxygen atoms in total. The number of pyridine rings is 1. The number of urea groups is 1. The van der Waals surface area contributed by atoms with Crippen LogP contribution in [0.2, 0.25) is 5.02 Å². The second-order valence-electron chi connectivity index (χ2n) is 16.4. The molecule has 0 bridgehead atoms. The highest BCUT2D eigenvalue weighted by atomic mass is 35.5. The molecule has 1 heterocycles. The number of benzene rings is 2. The van der Waals surface area contributed by atoms with Crippen molar-refractivity contribution in [1.82, 2.24) is 16.0 Å². The van der Waals surface area contributed by atoms with Crippen molar-refractivity contribution in [2.45, 2.75) is 91.1 Å². The molecule has 2 aromatic carbocycles. The van der Waals surface area contributed by atoms with E-state index in [1.165, 1.54) is 6.92 Å². The fraction of sp³-hybridized carbons (Fsp3) is 0.510. The van der Waals surface area contributed by atoms with Crippen LogP contribution in [0.3, 0.4) is 0 Å². The van der Waals surface area contributed by atoms with Gasteiger partial charge >= 0.3 is 6.03 Å². The molecule has 0 aliphatic rings. The normalized spacial score (nSPS) is 12.1. The van der Waals surface area contributed by atoms with Crippen LogP contribution in [0.4, 0.5) is 16.2 Å². The molecule has 0 unspecified atom stereocenters. The van der Waals surface area contributed by atoms with Crippen molar-refractivity contribution in [3.05, 3.63) is 83.6 Å². The van der Waals surface area contributed by atoms with Crippen molar-refractivity contribution in [1.29, 1.82) is 5.26 Å². The average Bonchev–Trinajstić information content (AvgIpc) is 3.30. The predicted molar refractivity (Wildman–Crippen MR) is 260 cm³/mol. The zero-order chi connectivity index (χ0) is 49.4. The number of hydrogen-bond donors (Lipinski definition) is 6. The number of nitrogens with zero attached hydrogens (tertiary/aromatic N) is 3. The van der Waals surface area contributed by atoms with Gasteiger partial charge in [-0.2, -0.15) is 5.26 Å². The molecular formula is C49H69ClN9O9+. The Morgan fingerprint density at radius 1 is 0.779 bits per heavy atom. The van der Waals surface area contributed by atoms with E-state index in [1.807, 2.05) is 73.4 Å². The number of unbranched alkanes of at least 4 members (excludes halogenated alkanes) is 3. The van der Waals surface area contributed by atoms with Gasteiger partial charge in [-0.25, -0.2) is 9.36 Å². The molecule has 0 aliphatic heterocycles. The van der Waals surface area contributed by atoms with Crippen LogP contribution in [0.5, 0.6) is 5.75 Å². The first-order valence-electron chi connectivity index (χ1n) is 23.1. The molecule has 7 N–H and O–H groups in total. The number of primary amides is 1. The van der Waals surface area contributed by atoms with E-state index in [1.54, 1.807) is 24.3 Å². The quantitative estimate of drug-likeness (QED) is 0.0106. The Bertz CT molecular complexity index is 2050. The molecule has 2 atom stereocenters. The number of aromatic nitrogens is 1. The highest BCUT2D eigenvalue weighted by Crippen LogP contribution is 2.20. The lowest BCUT2D eigenvalue weighted by Crippen LogP contribution is -2.45. The molecule has 3 aromatic rings. The van der Waals surface area contributed by atoms with E-state index in [-0.39, 0.29) is 61.9 Å². The zero-order valence-electron chi connectivity index (χ0n) is 39.6. The summed E-state index contributed by atoms with van der Waals surface area (Å²) in [5, 5.41) is 24.0. The van der Waals surface area contributed by atoms with Gasteiger partial charge in [-0.05, 0) is 81.3 Å². The Labute approximate surface area is 405 Å². The second-order valence-corrected chi connectivity index (χ2v) is 16.8. The minimum absolute atomic E-state index is 0.0358. The van der Waals surface area contributed by atoms with Crippen LogP contribution in [0.1, 0.15) is 84.1 Å². The highest BCUT2D eigenvalue weighted by Gasteiger charge is 2.29. The fourth-order valence-corrected chi connectivity index (χ4v) is 6.74. The number of nitriles is 1. The Kier molecular flexibility index (Phi) is 27.6. The Morgan fingerprint density at radius 3 is 2.04 bits per heavy atom. The van der Waals surface area contributed by atoms with Gasteiger partial charge in [-0.3, -0.25) is 29.5 Å². The molecule has 68 heavy (non-hydrogen) atoms. The number of ether oxygens (including phenoxy) is 4. The molecule has 370 valence electrons. The van der Waals surface area contributed by atoms with Crippen molar-refractivity contribution in [2.75, 3.05) is 70.0 Å². The van der Waals surface area contributed by atoms with Gasteiger partial charge in [0.05, 0.1) is 58.0 Å². The van der Waals surface area contributed by atoms with Gasteiger partial charge < -0.3 is 45.9 Å². The van der Waals surface area contributed by atoms with Crippen LogP contribution in [0.25, 0.3) is 0 Å². The topological polar surface area (TPSA) is 248 Å². The molecule has 0 radical (unpaired) electrons. The van der Waals surface area contributed by atoms with Crippen LogP contribution in [-0.4, -0.2) is 101 Å². The van der Waals surface area contributed by atoms with Crippen molar-refractivity contribution in [3.8, 4) is 11.9 Å². The molecule has 0 fully saturated rings. The molecule has 1 aromatic heterocycles. The van der Waals surface area contributed by atoms with Gasteiger partial charge in [-0.15, -0.1) is 0 Å². The number of rotatable bonds is 34. The highest BCUT2D eigenvalue weighted by molar-refractivity contribution is 6.30. The lowest BCUT2D eigenvalue weighted by molar-refractivity contribution is -0.688. The zero-order valence-corrected chi connectivity index (χ0v) is 40.3. The summed E-state index contributed by atoms with van der Waals surface area (Å²) < 4.78 is 24.0. The number of aliphatic imine (C=N–C) groups is 1. The van der Waals surface area contributed by atoms with E-state index < -0.39 is 18.0 Å². The molecule has 0 aliphatic carbocycles. The maximum atomic E-state index is 13.7. The lowest BCUT2D eigenvalue weighted by atomic mass is 9.89. The summed E-state index contributed by atoms with van der Waals surface area (Å²) in [7, 11) is 0. The Morgan fingerprint density at radius 2 is 1.41 bits per heavy atom. The second kappa shape index (κ2) is 33.4. The third kappa shape index (κ3) is 25.1. The van der Waals surface area contributed by atoms with Gasteiger partial charge in [-0.1, -0.05) is 44.0 Å². The third-order valence-corrected chi connectivity index (χ3v) is 10.6. The summed E-state index contributed by atoms with van der Waals surface area (Å²) in [4.78, 5) is 66.9. The van der Waals surface area contributed by atoms with Crippen molar-refractivity contribution in [3.63, 3.8) is 0 Å². The largest absolute Gasteiger partial charge is 0.494 e. The van der Waals surface area contributed by atoms with Crippen molar-refractivity contribution < 1.29 is 47.5 Å². The number of anilines is 2. The number of amides is 4. The third-order valence-electron chi connectivity index (χ3n) is 10.3. The fourth-order valence-electron chi connectivity index (χ4n) is 6.62. The van der Waals surface area contributed by atoms with E-state index in [9.17, 15) is 29.2 Å². The van der Waals surface area contributed by atoms with Crippen molar-refractivity contribution >= 4 is 58.3 Å². The molecule has 0 saturated carbocycles. The van der Waals surface area contributed by atoms with Gasteiger partial charge in [0, 0.05) is 66.7 Å². The van der Waals surface area contributed by atoms with Gasteiger partial charge in [0.15, 0.2) is 30.9 Å². The number of guanidine groups is 1. The minimum Gasteiger partial charge on any atom is -0.494 e. The summed E-state index contributed by atoms with van der Waals surface area (Å²) in [5.41, 5.74) is 7.50. The monoisotopic (exact) mass is 962 g/mol. The molecule has 0 spiro atoms. The van der Waals surface area contributed by atoms with Crippen LogP contribution in [0.15, 0.2) is 78.0 Å². The van der Waals surface area contributed by atoms with Gasteiger partial charge in [0.1, 0.15) is 11.5 Å². The first-order chi connectivity index (χ1) is 32.8. The van der Waals surface area contributed by atoms with Crippen LogP contribution < -0.4 is 41.6 Å². The Balaban J connectivity index is 1.45. The lowest BCUT2D eigenvalue weighted by Gasteiger charge is -2.24. The summed E-state index contributed by atoms with van der Waals surface area (Å²) in [5.74, 6) is -0.749. The smallest absolute Gasteiger partial charge is 0.312 e. The number of carbonyl (C=O) groups is 5. The summed E-state index contributed by atoms with van der Waals surface area (Å²) in [6, 6.07) is 17.0. The summed E-state index contributed by atoms with van der Waals surface area (Å²) in [6.45, 7) is 8.93. The van der Waals surface area contributed by atoms with Crippen LogP contribution >= 0.6 is 11.6 Å². The minimum atomic E-state index is -0.821. The SMILES string of the molecule is CC(=O)CCOCCOCCOCCC(=O)N[C@H](C(=O)C[C@@H](CCCNC(N)=O)C(=O)Nc1ccc(C[n+]2ccc(NC(=NCCCCCCOc3ccc(Cl)cc3)NC#N)cc2)cc1)C(C)C. The van der Waals surface area contributed by atoms with E-state index in [4.69, 9.17) is 36.3 Å². The predicted octanol–water partition coefficient (Wildman–Crippen LogP) is 5.68. The maximum absolute atomic E-state index is 13.7. The molecule has 4 amide bonds. The van der Waals surface area contributed by atoms with Gasteiger partial charge in [0.2, 0.25) is 17.8 Å². The molecule has 0 saturated heterocycles. The summed E-state index contributed by atoms with van der Waals surface area (Å²) in [6.07, 6.45) is 10.5. The van der Waals surface area contributed by atoms with Gasteiger partial charge in [0.25, 0.3) is 0 Å². The van der Waals surface area contributed by atoms with Crippen LogP contribution in [0, 0.1) is 23.3 Å². The number of halogens is 1. The van der Waals surface area contributed by atoms with E-state index in [0.29, 0.717) is 82.1 Å². The standard InChI is InChI=1S/C49H68ClN9O9/c1-36(2)46(58-45(62)21-28-66-30-32-67-31-29-65-27-20-37(3)60)44(61)33-39(9-8-23-53-48(52)64)47(63)56-41-14-10-38(11-15-41)34-59-24-18-42(19-25-59)57-49(55-35-51)54-22-6-4-5-7-26-68-43-16-12-40(50)13-17-43/h10-19,24-25,36,39,46H,4-9,20-23,26-34H2,1-3H3,(H6,52,53,54,55,56,58,62,63,64)/p+1/t39-,46+/m1/s1. The number of hydrogen-bond acceptors (Lipinski definition) is 11. The number of nitrogens with two attached hydrogens (primary N) is 1. The number of ketones is 2. The Hall–Kier alpha value is -6.13. The average molecular weight is 964 g/mol.